The van der Waals surface area contributed by atoms with Crippen molar-refractivity contribution in [2.45, 2.75) is 58.5 Å². The predicted molar refractivity (Wildman–Crippen MR) is 96.4 cm³/mol. The molecule has 2 aliphatic rings. The van der Waals surface area contributed by atoms with E-state index in [9.17, 15) is 14.0 Å². The molecule has 0 atom stereocenters. The molecule has 0 radical (unpaired) electrons. The van der Waals surface area contributed by atoms with Crippen molar-refractivity contribution >= 4 is 30.6 Å². The van der Waals surface area contributed by atoms with Gasteiger partial charge in [0.2, 0.25) is 0 Å². The average Bonchev–Trinajstić information content (AvgIpc) is 2.71. The van der Waals surface area contributed by atoms with E-state index in [4.69, 9.17) is 18.8 Å². The molecule has 0 spiro atoms. The zero-order chi connectivity index (χ0) is 20.2. The maximum Gasteiger partial charge on any atom is 0.495 e. The van der Waals surface area contributed by atoms with E-state index in [0.29, 0.717) is 5.46 Å². The molecule has 0 aliphatic carbocycles. The SMILES string of the molecule is CC1(C)OC(=O)C(=Cc2c(F)cccc2B2OC(C)(C)C(C)(C)O2)C(=O)O1. The summed E-state index contributed by atoms with van der Waals surface area (Å²) in [5.41, 5.74) is -1.26. The first-order valence-electron chi connectivity index (χ1n) is 8.65. The Morgan fingerprint density at radius 3 is 1.96 bits per heavy atom. The number of halogens is 1. The molecule has 2 fully saturated rings. The summed E-state index contributed by atoms with van der Waals surface area (Å²) in [7, 11) is -0.857. The number of esters is 2. The van der Waals surface area contributed by atoms with Crippen LogP contribution in [-0.4, -0.2) is 36.0 Å². The molecule has 0 aromatic heterocycles. The standard InChI is InChI=1S/C19H22BFO6/c1-17(2)18(3,4)27-20(26-17)13-8-7-9-14(21)11(13)10-12-15(22)24-19(5,6)25-16(12)23/h7-10H,1-6H3. The first-order chi connectivity index (χ1) is 12.3. The van der Waals surface area contributed by atoms with Crippen LogP contribution in [-0.2, 0) is 28.4 Å². The van der Waals surface area contributed by atoms with Crippen LogP contribution in [0.4, 0.5) is 4.39 Å². The maximum absolute atomic E-state index is 14.6. The monoisotopic (exact) mass is 376 g/mol. The van der Waals surface area contributed by atoms with E-state index in [1.807, 2.05) is 27.7 Å². The van der Waals surface area contributed by atoms with Gasteiger partial charge in [0.1, 0.15) is 11.4 Å². The smallest absolute Gasteiger partial charge is 0.419 e. The van der Waals surface area contributed by atoms with Crippen LogP contribution in [0.5, 0.6) is 0 Å². The molecule has 0 bridgehead atoms. The lowest BCUT2D eigenvalue weighted by Crippen LogP contribution is -2.42. The molecule has 0 saturated carbocycles. The van der Waals surface area contributed by atoms with Crippen LogP contribution in [0.25, 0.3) is 6.08 Å². The van der Waals surface area contributed by atoms with E-state index < -0.39 is 47.4 Å². The molecular weight excluding hydrogens is 354 g/mol. The molecule has 1 aromatic carbocycles. The number of benzene rings is 1. The van der Waals surface area contributed by atoms with Crippen molar-refractivity contribution < 1.29 is 32.8 Å². The van der Waals surface area contributed by atoms with Crippen LogP contribution in [0.1, 0.15) is 47.1 Å². The van der Waals surface area contributed by atoms with Crippen LogP contribution in [0, 0.1) is 5.82 Å². The zero-order valence-electron chi connectivity index (χ0n) is 16.2. The van der Waals surface area contributed by atoms with Crippen LogP contribution < -0.4 is 5.46 Å². The van der Waals surface area contributed by atoms with Gasteiger partial charge in [0.15, 0.2) is 0 Å². The normalized spacial score (nSPS) is 23.1. The fourth-order valence-corrected chi connectivity index (χ4v) is 2.80. The lowest BCUT2D eigenvalue weighted by atomic mass is 9.75. The highest BCUT2D eigenvalue weighted by Crippen LogP contribution is 2.37. The highest BCUT2D eigenvalue weighted by molar-refractivity contribution is 6.63. The summed E-state index contributed by atoms with van der Waals surface area (Å²) in [6.45, 7) is 10.4. The molecule has 1 aromatic rings. The molecule has 144 valence electrons. The molecule has 2 saturated heterocycles. The first-order valence-corrected chi connectivity index (χ1v) is 8.65. The lowest BCUT2D eigenvalue weighted by molar-refractivity contribution is -0.222. The Balaban J connectivity index is 2.04. The number of carbonyl (C=O) groups is 2. The fourth-order valence-electron chi connectivity index (χ4n) is 2.80. The predicted octanol–water partition coefficient (Wildman–Crippen LogP) is 2.34. The molecule has 3 rings (SSSR count). The Bertz CT molecular complexity index is 805. The number of cyclic esters (lactones) is 2. The summed E-state index contributed by atoms with van der Waals surface area (Å²) in [6, 6.07) is 4.37. The minimum Gasteiger partial charge on any atom is -0.419 e. The number of hydrogen-bond donors (Lipinski definition) is 0. The third-order valence-electron chi connectivity index (χ3n) is 5.00. The van der Waals surface area contributed by atoms with Crippen molar-refractivity contribution in [3.05, 3.63) is 35.2 Å². The third-order valence-corrected chi connectivity index (χ3v) is 5.00. The second-order valence-electron chi connectivity index (χ2n) is 8.07. The number of carbonyl (C=O) groups excluding carboxylic acids is 2. The quantitative estimate of drug-likeness (QED) is 0.342. The summed E-state index contributed by atoms with van der Waals surface area (Å²) in [6.07, 6.45) is 1.12. The van der Waals surface area contributed by atoms with Crippen molar-refractivity contribution in [1.29, 1.82) is 0 Å². The second kappa shape index (κ2) is 6.17. The Morgan fingerprint density at radius 2 is 1.44 bits per heavy atom. The van der Waals surface area contributed by atoms with Gasteiger partial charge < -0.3 is 18.8 Å². The highest BCUT2D eigenvalue weighted by Gasteiger charge is 2.52. The van der Waals surface area contributed by atoms with Crippen molar-refractivity contribution in [1.82, 2.24) is 0 Å². The van der Waals surface area contributed by atoms with Crippen LogP contribution in [0.15, 0.2) is 23.8 Å². The molecular formula is C19H22BFO6. The summed E-state index contributed by atoms with van der Waals surface area (Å²) < 4.78 is 36.7. The van der Waals surface area contributed by atoms with Crippen molar-refractivity contribution in [3.63, 3.8) is 0 Å². The van der Waals surface area contributed by atoms with E-state index in [1.165, 1.54) is 26.0 Å². The summed E-state index contributed by atoms with van der Waals surface area (Å²) in [5.74, 6) is -3.74. The van der Waals surface area contributed by atoms with Gasteiger partial charge in [0.05, 0.1) is 11.2 Å². The molecule has 8 heteroatoms. The van der Waals surface area contributed by atoms with Crippen molar-refractivity contribution in [2.24, 2.45) is 0 Å². The van der Waals surface area contributed by atoms with Crippen LogP contribution in [0.2, 0.25) is 0 Å². The van der Waals surface area contributed by atoms with Gasteiger partial charge in [0.25, 0.3) is 5.79 Å². The number of rotatable bonds is 2. The molecule has 0 amide bonds. The van der Waals surface area contributed by atoms with Gasteiger partial charge in [-0.1, -0.05) is 12.1 Å². The molecule has 27 heavy (non-hydrogen) atoms. The van der Waals surface area contributed by atoms with Crippen LogP contribution in [0.3, 0.4) is 0 Å². The minimum absolute atomic E-state index is 0.0135. The minimum atomic E-state index is -1.37. The van der Waals surface area contributed by atoms with E-state index in [-0.39, 0.29) is 5.56 Å². The van der Waals surface area contributed by atoms with E-state index in [2.05, 4.69) is 0 Å². The number of ether oxygens (including phenoxy) is 2. The van der Waals surface area contributed by atoms with Gasteiger partial charge in [-0.3, -0.25) is 0 Å². The molecule has 6 nitrogen and oxygen atoms in total. The Kier molecular flexibility index (Phi) is 4.47. The number of hydrogen-bond acceptors (Lipinski definition) is 6. The topological polar surface area (TPSA) is 71.1 Å². The zero-order valence-corrected chi connectivity index (χ0v) is 16.2. The fraction of sp³-hybridized carbons (Fsp3) is 0.474. The summed E-state index contributed by atoms with van der Waals surface area (Å²) >= 11 is 0. The van der Waals surface area contributed by atoms with Crippen LogP contribution >= 0.6 is 0 Å². The Labute approximate surface area is 157 Å². The summed E-state index contributed by atoms with van der Waals surface area (Å²) in [4.78, 5) is 24.4. The molecule has 0 N–H and O–H groups in total. The van der Waals surface area contributed by atoms with Gasteiger partial charge in [-0.15, -0.1) is 0 Å². The maximum atomic E-state index is 14.6. The van der Waals surface area contributed by atoms with Gasteiger partial charge in [-0.25, -0.2) is 14.0 Å². The van der Waals surface area contributed by atoms with Gasteiger partial charge in [0, 0.05) is 19.4 Å². The molecule has 2 heterocycles. The van der Waals surface area contributed by atoms with Crippen molar-refractivity contribution in [3.8, 4) is 0 Å². The Morgan fingerprint density at radius 1 is 0.926 bits per heavy atom. The second-order valence-corrected chi connectivity index (χ2v) is 8.07. The van der Waals surface area contributed by atoms with Gasteiger partial charge in [-0.05, 0) is 45.3 Å². The molecule has 0 unspecified atom stereocenters. The largest absolute Gasteiger partial charge is 0.495 e. The third kappa shape index (κ3) is 3.51. The Hall–Kier alpha value is -2.19. The average molecular weight is 376 g/mol. The van der Waals surface area contributed by atoms with E-state index in [0.717, 1.165) is 6.08 Å². The summed E-state index contributed by atoms with van der Waals surface area (Å²) in [5, 5.41) is 0. The first kappa shape index (κ1) is 19.6. The van der Waals surface area contributed by atoms with Crippen molar-refractivity contribution in [2.75, 3.05) is 0 Å². The van der Waals surface area contributed by atoms with Gasteiger partial charge in [-0.2, -0.15) is 0 Å². The van der Waals surface area contributed by atoms with Gasteiger partial charge >= 0.3 is 19.1 Å². The molecule has 2 aliphatic heterocycles. The van der Waals surface area contributed by atoms with E-state index >= 15 is 0 Å². The van der Waals surface area contributed by atoms with E-state index in [1.54, 1.807) is 6.07 Å². The lowest BCUT2D eigenvalue weighted by Gasteiger charge is -2.32. The highest BCUT2D eigenvalue weighted by atomic mass is 19.1.